The highest BCUT2D eigenvalue weighted by molar-refractivity contribution is 7.12. The van der Waals surface area contributed by atoms with E-state index in [0.29, 0.717) is 17.8 Å². The summed E-state index contributed by atoms with van der Waals surface area (Å²) in [6.07, 6.45) is 6.30. The highest BCUT2D eigenvalue weighted by Gasteiger charge is 2.39. The highest BCUT2D eigenvalue weighted by Crippen LogP contribution is 2.34. The molecular weight excluding hydrogens is 422 g/mol. The average molecular weight is 456 g/mol. The smallest absolute Gasteiger partial charge is 0.262 e. The number of hydrogen-bond donors (Lipinski definition) is 2. The van der Waals surface area contributed by atoms with Gasteiger partial charge in [0, 0.05) is 31.6 Å². The molecule has 2 aromatic rings. The molecule has 1 saturated heterocycles. The molecule has 1 saturated carbocycles. The number of amides is 2. The van der Waals surface area contributed by atoms with Crippen LogP contribution in [0.25, 0.3) is 0 Å². The van der Waals surface area contributed by atoms with E-state index < -0.39 is 6.04 Å². The normalized spacial score (nSPS) is 19.8. The number of ether oxygens (including phenoxy) is 1. The summed E-state index contributed by atoms with van der Waals surface area (Å²) in [4.78, 5) is 29.2. The highest BCUT2D eigenvalue weighted by atomic mass is 32.1. The number of thiophene rings is 1. The van der Waals surface area contributed by atoms with E-state index in [1.807, 2.05) is 41.8 Å². The van der Waals surface area contributed by atoms with E-state index in [1.54, 1.807) is 6.07 Å². The van der Waals surface area contributed by atoms with E-state index in [0.717, 1.165) is 44.7 Å². The van der Waals surface area contributed by atoms with Crippen LogP contribution in [0.5, 0.6) is 0 Å². The van der Waals surface area contributed by atoms with Crippen molar-refractivity contribution in [1.82, 2.24) is 15.5 Å². The molecule has 4 rings (SSSR count). The van der Waals surface area contributed by atoms with Crippen LogP contribution >= 0.6 is 11.3 Å². The third-order valence-corrected chi connectivity index (χ3v) is 7.58. The summed E-state index contributed by atoms with van der Waals surface area (Å²) < 4.78 is 5.57. The Labute approximate surface area is 194 Å². The third-order valence-electron chi connectivity index (χ3n) is 6.71. The molecule has 1 unspecified atom stereocenters. The summed E-state index contributed by atoms with van der Waals surface area (Å²) in [5, 5.41) is 8.07. The first-order valence-corrected chi connectivity index (χ1v) is 12.5. The van der Waals surface area contributed by atoms with Gasteiger partial charge in [-0.1, -0.05) is 55.7 Å². The van der Waals surface area contributed by atoms with Gasteiger partial charge in [0.15, 0.2) is 0 Å². The number of carbonyl (C=O) groups is 2. The second-order valence-electron chi connectivity index (χ2n) is 8.80. The Morgan fingerprint density at radius 1 is 1.03 bits per heavy atom. The van der Waals surface area contributed by atoms with Gasteiger partial charge in [0.25, 0.3) is 5.91 Å². The number of morpholine rings is 1. The van der Waals surface area contributed by atoms with Crippen molar-refractivity contribution in [3.63, 3.8) is 0 Å². The SMILES string of the molecule is O=C(NC(Cc1ccccc1)C(=O)NCC1(N2CCOCC2)CCCCC1)c1cccs1. The average Bonchev–Trinajstić information content (AvgIpc) is 3.39. The maximum Gasteiger partial charge on any atom is 0.262 e. The fourth-order valence-electron chi connectivity index (χ4n) is 4.92. The Balaban J connectivity index is 1.45. The molecule has 1 aliphatic heterocycles. The molecule has 2 heterocycles. The van der Waals surface area contributed by atoms with Crippen LogP contribution in [0.4, 0.5) is 0 Å². The van der Waals surface area contributed by atoms with Crippen LogP contribution in [-0.4, -0.2) is 61.1 Å². The van der Waals surface area contributed by atoms with Gasteiger partial charge in [-0.05, 0) is 29.9 Å². The van der Waals surface area contributed by atoms with Crippen LogP contribution in [0.3, 0.4) is 0 Å². The van der Waals surface area contributed by atoms with Crippen LogP contribution in [0.15, 0.2) is 47.8 Å². The van der Waals surface area contributed by atoms with Gasteiger partial charge < -0.3 is 15.4 Å². The molecule has 7 heteroatoms. The van der Waals surface area contributed by atoms with Crippen LogP contribution in [0.2, 0.25) is 0 Å². The zero-order chi connectivity index (χ0) is 22.2. The van der Waals surface area contributed by atoms with Crippen LogP contribution in [0, 0.1) is 0 Å². The molecule has 32 heavy (non-hydrogen) atoms. The Hall–Kier alpha value is -2.22. The van der Waals surface area contributed by atoms with Crippen molar-refractivity contribution in [2.24, 2.45) is 0 Å². The molecule has 1 aromatic heterocycles. The maximum absolute atomic E-state index is 13.4. The maximum atomic E-state index is 13.4. The monoisotopic (exact) mass is 455 g/mol. The van der Waals surface area contributed by atoms with E-state index >= 15 is 0 Å². The quantitative estimate of drug-likeness (QED) is 0.641. The minimum atomic E-state index is -0.614. The molecular formula is C25H33N3O3S. The molecule has 2 amide bonds. The van der Waals surface area contributed by atoms with Gasteiger partial charge in [0.05, 0.1) is 18.1 Å². The fraction of sp³-hybridized carbons (Fsp3) is 0.520. The first-order valence-electron chi connectivity index (χ1n) is 11.7. The third kappa shape index (κ3) is 5.77. The lowest BCUT2D eigenvalue weighted by Crippen LogP contribution is -2.61. The summed E-state index contributed by atoms with van der Waals surface area (Å²) in [7, 11) is 0. The summed E-state index contributed by atoms with van der Waals surface area (Å²) in [5.74, 6) is -0.311. The topological polar surface area (TPSA) is 70.7 Å². The zero-order valence-corrected chi connectivity index (χ0v) is 19.4. The molecule has 1 aliphatic carbocycles. The van der Waals surface area contributed by atoms with E-state index in [9.17, 15) is 9.59 Å². The summed E-state index contributed by atoms with van der Waals surface area (Å²) in [5.41, 5.74) is 1.02. The number of nitrogens with zero attached hydrogens (tertiary/aromatic N) is 1. The number of rotatable bonds is 8. The zero-order valence-electron chi connectivity index (χ0n) is 18.6. The van der Waals surface area contributed by atoms with E-state index in [4.69, 9.17) is 4.74 Å². The van der Waals surface area contributed by atoms with Gasteiger partial charge in [0.1, 0.15) is 6.04 Å². The fourth-order valence-corrected chi connectivity index (χ4v) is 5.55. The van der Waals surface area contributed by atoms with Crippen molar-refractivity contribution in [2.45, 2.75) is 50.1 Å². The Morgan fingerprint density at radius 2 is 1.78 bits per heavy atom. The van der Waals surface area contributed by atoms with Gasteiger partial charge in [-0.3, -0.25) is 14.5 Å². The summed E-state index contributed by atoms with van der Waals surface area (Å²) in [6, 6.07) is 12.9. The van der Waals surface area contributed by atoms with Gasteiger partial charge in [-0.2, -0.15) is 0 Å². The van der Waals surface area contributed by atoms with E-state index in [-0.39, 0.29) is 17.4 Å². The Morgan fingerprint density at radius 3 is 2.47 bits per heavy atom. The number of carbonyl (C=O) groups excluding carboxylic acids is 2. The van der Waals surface area contributed by atoms with Crippen molar-refractivity contribution in [1.29, 1.82) is 0 Å². The molecule has 0 radical (unpaired) electrons. The van der Waals surface area contributed by atoms with Gasteiger partial charge >= 0.3 is 0 Å². The van der Waals surface area contributed by atoms with Crippen molar-refractivity contribution >= 4 is 23.2 Å². The van der Waals surface area contributed by atoms with Crippen molar-refractivity contribution in [3.05, 3.63) is 58.3 Å². The lowest BCUT2D eigenvalue weighted by molar-refractivity contribution is -0.124. The predicted molar refractivity (Wildman–Crippen MR) is 127 cm³/mol. The van der Waals surface area contributed by atoms with Crippen LogP contribution < -0.4 is 10.6 Å². The number of nitrogens with one attached hydrogen (secondary N) is 2. The van der Waals surface area contributed by atoms with Crippen LogP contribution in [-0.2, 0) is 16.0 Å². The summed E-state index contributed by atoms with van der Waals surface area (Å²) >= 11 is 1.38. The molecule has 2 N–H and O–H groups in total. The Bertz CT molecular complexity index is 860. The van der Waals surface area contributed by atoms with E-state index in [2.05, 4.69) is 15.5 Å². The van der Waals surface area contributed by atoms with Crippen molar-refractivity contribution < 1.29 is 14.3 Å². The minimum absolute atomic E-state index is 0.00719. The Kier molecular flexibility index (Phi) is 7.95. The first-order chi connectivity index (χ1) is 15.7. The van der Waals surface area contributed by atoms with Crippen molar-refractivity contribution in [2.75, 3.05) is 32.8 Å². The molecule has 0 spiro atoms. The lowest BCUT2D eigenvalue weighted by atomic mass is 9.79. The molecule has 1 atom stereocenters. The molecule has 172 valence electrons. The number of benzene rings is 1. The standard InChI is InChI=1S/C25H33N3O3S/c29-23(26-19-25(11-5-2-6-12-25)28-13-15-31-16-14-28)21(18-20-8-3-1-4-9-20)27-24(30)22-10-7-17-32-22/h1,3-4,7-10,17,21H,2,5-6,11-16,18-19H2,(H,26,29)(H,27,30). The largest absolute Gasteiger partial charge is 0.379 e. The molecule has 0 bridgehead atoms. The lowest BCUT2D eigenvalue weighted by Gasteiger charge is -2.48. The molecule has 6 nitrogen and oxygen atoms in total. The number of hydrogen-bond acceptors (Lipinski definition) is 5. The van der Waals surface area contributed by atoms with Crippen LogP contribution in [0.1, 0.15) is 47.3 Å². The predicted octanol–water partition coefficient (Wildman–Crippen LogP) is 3.24. The summed E-state index contributed by atoms with van der Waals surface area (Å²) in [6.45, 7) is 3.95. The van der Waals surface area contributed by atoms with Gasteiger partial charge in [0.2, 0.25) is 5.91 Å². The second-order valence-corrected chi connectivity index (χ2v) is 9.74. The van der Waals surface area contributed by atoms with Crippen molar-refractivity contribution in [3.8, 4) is 0 Å². The van der Waals surface area contributed by atoms with Gasteiger partial charge in [-0.15, -0.1) is 11.3 Å². The first kappa shape index (κ1) is 23.0. The molecule has 2 fully saturated rings. The minimum Gasteiger partial charge on any atom is -0.379 e. The second kappa shape index (κ2) is 11.1. The van der Waals surface area contributed by atoms with Gasteiger partial charge in [-0.25, -0.2) is 0 Å². The molecule has 1 aromatic carbocycles. The molecule has 2 aliphatic rings. The van der Waals surface area contributed by atoms with E-state index in [1.165, 1.54) is 30.6 Å².